The number of nitrogen functional groups attached to an aromatic ring is 4. The molecular weight excluding hydrogens is 1580 g/mol. The Hall–Kier alpha value is -7.76. The lowest BCUT2D eigenvalue weighted by molar-refractivity contribution is -0.121. The van der Waals surface area contributed by atoms with E-state index in [1.54, 1.807) is 0 Å². The number of aromatic amines is 3. The standard InChI is InChI=1S/C51H67N18O35P5/c52-33-1-4-65(49(77)58-33)36-7-21(72)29(96-36)15-91-106(82,83)103-26-11-40(69-20-57-42-44(69)62-48(55)64-46(42)76)99-32(26)18-93-108(86,87)102-25-10-38(67-6-3-35(74)60-51(67)79)98-31(25)17-94-109(88,89)104-27(12-70)22(73)14-90-105(80,81)101-24-9-37(66-5-2-34(53)59-50(66)78)97-30(24)16-92-107(84,85)100-23-8-39(95-28(23)13-71)68-19-56-41-43(68)61-47(54)63-45(41)75/h1-6,12,19-32,36-40,71-73H,7-11,13-18H2,(H,80,81)(H,82,83)(H,84,85)(H,86,87)(H,88,89)(H2,52,58,77)(H2,53,59,78)(H,60,74,79)(H3,54,61,63,75)(H3,55,62,64,76)/t21-,22+,23-,24-,25-,26-,27-,28+,29+,30+,31+,32+,36+,37+,38+,39+,40+/m0/s1. The fourth-order valence-electron chi connectivity index (χ4n) is 11.9. The number of aliphatic hydroxyl groups is 3. The number of aromatic nitrogens is 14. The number of rotatable bonds is 33. The van der Waals surface area contributed by atoms with Gasteiger partial charge in [-0.05, 0) is 12.1 Å². The van der Waals surface area contributed by atoms with Gasteiger partial charge in [0, 0.05) is 56.8 Å². The molecule has 0 radical (unpaired) electrons. The van der Waals surface area contributed by atoms with Crippen LogP contribution >= 0.6 is 39.1 Å². The number of hydrogen-bond donors (Lipinski definition) is 15. The summed E-state index contributed by atoms with van der Waals surface area (Å²) in [5.41, 5.74) is 16.8. The molecule has 53 nitrogen and oxygen atoms in total. The van der Waals surface area contributed by atoms with E-state index in [9.17, 15) is 96.2 Å². The van der Waals surface area contributed by atoms with Crippen LogP contribution in [0, 0.1) is 0 Å². The van der Waals surface area contributed by atoms with Crippen LogP contribution in [-0.4, -0.2) is 227 Å². The van der Waals surface area contributed by atoms with E-state index in [1.807, 2.05) is 4.98 Å². The molecule has 5 aliphatic rings. The SMILES string of the molecule is Nc1ccn([C@H]2C[C@H](OP(=O)(O)OC[C@@H](O)[C@H](C=O)OP(=O)(O)OC[C@H]3O[C@@H](n4ccc(=O)[nH]c4=O)C[C@@H]3OP(=O)(O)OC[C@H]3O[C@@H](n4cnc5c(=O)[nH]c(N)nc54)C[C@@H]3OP(=O)(O)OC[C@H]3O[C@@H](n4ccc(N)nc4=O)C[C@@H]3O)[C@@H](COP(=O)(O)O[C@H]3C[C@H](n4cnc5c(=O)[nH]c(N)nc54)O[C@@H]3CO)O2)c(=O)n1. The molecule has 7 aromatic rings. The Kier molecular flexibility index (Phi) is 24.1. The minimum Gasteiger partial charge on any atom is -0.394 e. The number of H-pyrrole nitrogens is 3. The van der Waals surface area contributed by atoms with Gasteiger partial charge in [0.15, 0.2) is 34.7 Å². The number of phosphoric acid groups is 5. The van der Waals surface area contributed by atoms with E-state index in [2.05, 4.69) is 39.9 Å². The zero-order valence-electron chi connectivity index (χ0n) is 55.4. The van der Waals surface area contributed by atoms with Gasteiger partial charge < -0.3 is 91.2 Å². The van der Waals surface area contributed by atoms with Crippen molar-refractivity contribution in [2.75, 3.05) is 62.6 Å². The minimum atomic E-state index is -5.74. The molecule has 0 aromatic carbocycles. The summed E-state index contributed by atoms with van der Waals surface area (Å²) in [6.45, 7) is -6.44. The van der Waals surface area contributed by atoms with Gasteiger partial charge in [-0.15, -0.1) is 0 Å². The highest BCUT2D eigenvalue weighted by molar-refractivity contribution is 7.48. The second-order valence-corrected chi connectivity index (χ2v) is 31.4. The third-order valence-electron chi connectivity index (χ3n) is 17.0. The zero-order valence-corrected chi connectivity index (χ0v) is 59.8. The molecule has 596 valence electrons. The Morgan fingerprint density at radius 3 is 1.31 bits per heavy atom. The van der Waals surface area contributed by atoms with Crippen molar-refractivity contribution < 1.29 is 136 Å². The monoisotopic (exact) mass is 1650 g/mol. The number of nitrogens with two attached hydrogens (primary N) is 4. The van der Waals surface area contributed by atoms with Crippen LogP contribution in [0.1, 0.15) is 63.2 Å². The highest BCUT2D eigenvalue weighted by atomic mass is 31.2. The molecule has 12 heterocycles. The number of fused-ring (bicyclic) bond motifs is 2. The average molecular weight is 1650 g/mol. The van der Waals surface area contributed by atoms with Crippen molar-refractivity contribution in [1.29, 1.82) is 0 Å². The number of carbonyl (C=O) groups is 1. The molecule has 0 saturated carbocycles. The second kappa shape index (κ2) is 32.5. The third-order valence-corrected chi connectivity index (χ3v) is 22.0. The zero-order chi connectivity index (χ0) is 78.4. The van der Waals surface area contributed by atoms with E-state index in [1.165, 1.54) is 29.2 Å². The van der Waals surface area contributed by atoms with Crippen molar-refractivity contribution in [3.63, 3.8) is 0 Å². The quantitative estimate of drug-likeness (QED) is 0.0136. The maximum absolute atomic E-state index is 14.0. The molecule has 19 N–H and O–H groups in total. The number of aldehydes is 1. The molecule has 0 aliphatic carbocycles. The van der Waals surface area contributed by atoms with Crippen molar-refractivity contribution in [3.8, 4) is 0 Å². The van der Waals surface area contributed by atoms with Crippen molar-refractivity contribution in [3.05, 3.63) is 112 Å². The molecule has 22 atom stereocenters. The van der Waals surface area contributed by atoms with E-state index in [0.717, 1.165) is 43.1 Å². The number of nitrogens with one attached hydrogen (secondary N) is 3. The van der Waals surface area contributed by atoms with Gasteiger partial charge in [0.2, 0.25) is 11.9 Å². The van der Waals surface area contributed by atoms with Crippen molar-refractivity contribution in [1.82, 2.24) is 67.7 Å². The Morgan fingerprint density at radius 1 is 0.505 bits per heavy atom. The molecule has 5 aliphatic heterocycles. The van der Waals surface area contributed by atoms with E-state index < -0.39 is 236 Å². The second-order valence-electron chi connectivity index (χ2n) is 24.4. The van der Waals surface area contributed by atoms with Gasteiger partial charge in [-0.3, -0.25) is 97.4 Å². The van der Waals surface area contributed by atoms with Crippen LogP contribution in [0.4, 0.5) is 23.5 Å². The number of nitrogens with zero attached hydrogens (tertiary/aromatic N) is 11. The summed E-state index contributed by atoms with van der Waals surface area (Å²) < 4.78 is 155. The van der Waals surface area contributed by atoms with Crippen LogP contribution in [0.2, 0.25) is 0 Å². The normalized spacial score (nSPS) is 29.2. The van der Waals surface area contributed by atoms with Gasteiger partial charge in [-0.2, -0.15) is 19.9 Å². The first kappa shape index (κ1) is 80.7. The lowest BCUT2D eigenvalue weighted by atomic mass is 10.2. The summed E-state index contributed by atoms with van der Waals surface area (Å²) in [6.07, 6.45) is -24.5. The maximum Gasteiger partial charge on any atom is 0.473 e. The molecular formula is C51H67N18O35P5. The van der Waals surface area contributed by atoms with Gasteiger partial charge >= 0.3 is 56.2 Å². The van der Waals surface area contributed by atoms with Gasteiger partial charge in [0.05, 0.1) is 58.4 Å². The molecule has 5 fully saturated rings. The Bertz CT molecular complexity index is 5160. The first-order valence-electron chi connectivity index (χ1n) is 31.8. The van der Waals surface area contributed by atoms with Gasteiger partial charge in [-0.1, -0.05) is 0 Å². The molecule has 0 bridgehead atoms. The van der Waals surface area contributed by atoms with Gasteiger partial charge in [-0.25, -0.2) is 47.2 Å². The first-order chi connectivity index (χ1) is 51.4. The van der Waals surface area contributed by atoms with Crippen molar-refractivity contribution >= 4 is 91.3 Å². The molecule has 58 heteroatoms. The summed E-state index contributed by atoms with van der Waals surface area (Å²) in [4.78, 5) is 173. The summed E-state index contributed by atoms with van der Waals surface area (Å²) in [5, 5.41) is 31.9. The highest BCUT2D eigenvalue weighted by Crippen LogP contribution is 2.55. The number of hydrogen-bond acceptors (Lipinski definition) is 40. The number of anilines is 4. The first-order valence-corrected chi connectivity index (χ1v) is 39.3. The van der Waals surface area contributed by atoms with Crippen molar-refractivity contribution in [2.45, 2.75) is 136 Å². The average Bonchev–Trinajstić information content (AvgIpc) is 1.63. The van der Waals surface area contributed by atoms with E-state index >= 15 is 0 Å². The van der Waals surface area contributed by atoms with Gasteiger partial charge in [0.25, 0.3) is 16.7 Å². The van der Waals surface area contributed by atoms with E-state index in [4.69, 9.17) is 91.9 Å². The number of imidazole rings is 2. The molecule has 12 rings (SSSR count). The maximum atomic E-state index is 14.0. The van der Waals surface area contributed by atoms with Crippen LogP contribution < -0.4 is 56.7 Å². The summed E-state index contributed by atoms with van der Waals surface area (Å²) >= 11 is 0. The molecule has 0 amide bonds. The molecule has 109 heavy (non-hydrogen) atoms. The van der Waals surface area contributed by atoms with Crippen LogP contribution in [0.15, 0.2) is 78.2 Å². The Balaban J connectivity index is 0.679. The number of ether oxygens (including phenoxy) is 5. The lowest BCUT2D eigenvalue weighted by Gasteiger charge is -2.26. The molecule has 0 spiro atoms. The summed E-state index contributed by atoms with van der Waals surface area (Å²) in [6, 6.07) is 3.33. The predicted molar refractivity (Wildman–Crippen MR) is 353 cm³/mol. The Morgan fingerprint density at radius 2 is 0.881 bits per heavy atom. The smallest absolute Gasteiger partial charge is 0.394 e. The van der Waals surface area contributed by atoms with Gasteiger partial charge in [0.1, 0.15) is 104 Å². The third kappa shape index (κ3) is 19.2. The molecule has 7 aromatic heterocycles. The predicted octanol–water partition coefficient (Wildman–Crippen LogP) is -4.49. The number of phosphoric ester groups is 5. The highest BCUT2D eigenvalue weighted by Gasteiger charge is 2.50. The largest absolute Gasteiger partial charge is 0.473 e. The fraction of sp³-hybridized carbons (Fsp3) is 0.549. The van der Waals surface area contributed by atoms with Crippen molar-refractivity contribution in [2.24, 2.45) is 0 Å². The lowest BCUT2D eigenvalue weighted by Crippen LogP contribution is -2.35. The molecule has 5 unspecified atom stereocenters. The fourth-order valence-corrected chi connectivity index (χ4v) is 16.7. The van der Waals surface area contributed by atoms with Crippen LogP contribution in [-0.2, 0) is 96.5 Å². The summed E-state index contributed by atoms with van der Waals surface area (Å²) in [7, 11) is -27.5. The number of carbonyl (C=O) groups excluding carboxylic acids is 1. The van der Waals surface area contributed by atoms with Crippen LogP contribution in [0.25, 0.3) is 22.3 Å². The van der Waals surface area contributed by atoms with Crippen LogP contribution in [0.3, 0.4) is 0 Å². The van der Waals surface area contributed by atoms with E-state index in [-0.39, 0.29) is 65.0 Å². The van der Waals surface area contributed by atoms with E-state index in [0.29, 0.717) is 0 Å². The van der Waals surface area contributed by atoms with Crippen LogP contribution in [0.5, 0.6) is 0 Å². The number of aliphatic hydroxyl groups excluding tert-OH is 3. The molecule has 5 saturated heterocycles. The Labute approximate surface area is 604 Å². The topological polar surface area (TPSA) is 759 Å². The minimum absolute atomic E-state index is 0.0453. The summed E-state index contributed by atoms with van der Waals surface area (Å²) in [5.74, 6) is -0.981.